The zero-order valence-corrected chi connectivity index (χ0v) is 11.0. The molecule has 98 valence electrons. The van der Waals surface area contributed by atoms with Crippen molar-refractivity contribution in [3.8, 4) is 0 Å². The molecule has 1 heterocycles. The minimum absolute atomic E-state index is 0.903. The topological polar surface area (TPSA) is 32.3 Å². The highest BCUT2D eigenvalue weighted by atomic mass is 16.6. The van der Waals surface area contributed by atoms with Crippen LogP contribution in [0.15, 0.2) is 24.3 Å². The third kappa shape index (κ3) is 2.66. The molecule has 1 saturated heterocycles. The summed E-state index contributed by atoms with van der Waals surface area (Å²) in [7, 11) is 1.70. The van der Waals surface area contributed by atoms with Gasteiger partial charge < -0.3 is 4.90 Å². The van der Waals surface area contributed by atoms with Gasteiger partial charge in [0.15, 0.2) is 5.69 Å². The summed E-state index contributed by atoms with van der Waals surface area (Å²) in [5, 5.41) is 0. The minimum atomic E-state index is 0.903. The number of hydrogen-bond acceptors (Lipinski definition) is 3. The Hall–Kier alpha value is -1.10. The molecule has 2 aliphatic rings. The Bertz CT molecular complexity index is 398. The summed E-state index contributed by atoms with van der Waals surface area (Å²) in [4.78, 5) is 10.2. The van der Waals surface area contributed by atoms with Crippen LogP contribution >= 0.6 is 0 Å². The predicted octanol–water partition coefficient (Wildman–Crippen LogP) is 0.727. The second-order valence-corrected chi connectivity index (χ2v) is 5.20. The number of benzene rings is 1. The van der Waals surface area contributed by atoms with Crippen molar-refractivity contribution in [1.29, 1.82) is 0 Å². The van der Waals surface area contributed by atoms with Crippen LogP contribution in [0.1, 0.15) is 12.8 Å². The molecule has 1 aliphatic carbocycles. The second kappa shape index (κ2) is 5.26. The molecule has 2 fully saturated rings. The van der Waals surface area contributed by atoms with E-state index in [1.807, 2.05) is 0 Å². The molecule has 4 nitrogen and oxygen atoms in total. The summed E-state index contributed by atoms with van der Waals surface area (Å²) in [6.45, 7) is 4.71. The van der Waals surface area contributed by atoms with Crippen molar-refractivity contribution >= 4 is 11.4 Å². The summed E-state index contributed by atoms with van der Waals surface area (Å²) < 4.78 is 0. The first kappa shape index (κ1) is 12.0. The molecule has 18 heavy (non-hydrogen) atoms. The van der Waals surface area contributed by atoms with E-state index < -0.39 is 0 Å². The summed E-state index contributed by atoms with van der Waals surface area (Å²) in [6.07, 6.45) is 2.83. The smallest absolute Gasteiger partial charge is 0.164 e. The highest BCUT2D eigenvalue weighted by molar-refractivity contribution is 5.53. The Balaban J connectivity index is 1.62. The van der Waals surface area contributed by atoms with Crippen LogP contribution in [0.4, 0.5) is 11.4 Å². The lowest BCUT2D eigenvalue weighted by atomic mass is 10.2. The highest BCUT2D eigenvalue weighted by Gasteiger charge is 2.31. The first-order chi connectivity index (χ1) is 8.86. The quantitative estimate of drug-likeness (QED) is 0.630. The van der Waals surface area contributed by atoms with Gasteiger partial charge in [0.2, 0.25) is 0 Å². The SMILES string of the molecule is CO[NH2+]c1cccc(N2CCN(C3CC3)CC2)c1. The van der Waals surface area contributed by atoms with E-state index in [4.69, 9.17) is 4.84 Å². The van der Waals surface area contributed by atoms with E-state index in [1.54, 1.807) is 12.6 Å². The van der Waals surface area contributed by atoms with Crippen LogP contribution in [-0.4, -0.2) is 44.2 Å². The van der Waals surface area contributed by atoms with Gasteiger partial charge in [0, 0.05) is 50.0 Å². The molecule has 1 aromatic carbocycles. The van der Waals surface area contributed by atoms with Gasteiger partial charge in [0.25, 0.3) is 0 Å². The van der Waals surface area contributed by atoms with Gasteiger partial charge in [-0.3, -0.25) is 4.90 Å². The van der Waals surface area contributed by atoms with Crippen molar-refractivity contribution in [2.24, 2.45) is 0 Å². The highest BCUT2D eigenvalue weighted by Crippen LogP contribution is 2.28. The number of quaternary nitrogens is 1. The van der Waals surface area contributed by atoms with E-state index in [1.165, 1.54) is 31.6 Å². The van der Waals surface area contributed by atoms with Crippen LogP contribution < -0.4 is 10.4 Å². The van der Waals surface area contributed by atoms with Crippen LogP contribution in [0, 0.1) is 0 Å². The number of piperazine rings is 1. The molecule has 0 amide bonds. The van der Waals surface area contributed by atoms with Crippen LogP contribution in [-0.2, 0) is 4.84 Å². The summed E-state index contributed by atoms with van der Waals surface area (Å²) >= 11 is 0. The fourth-order valence-corrected chi connectivity index (χ4v) is 2.72. The number of rotatable bonds is 4. The fourth-order valence-electron chi connectivity index (χ4n) is 2.72. The van der Waals surface area contributed by atoms with Crippen molar-refractivity contribution in [3.63, 3.8) is 0 Å². The van der Waals surface area contributed by atoms with E-state index in [0.717, 1.165) is 24.8 Å². The van der Waals surface area contributed by atoms with Gasteiger partial charge in [-0.05, 0) is 18.9 Å². The Labute approximate surface area is 108 Å². The molecule has 2 N–H and O–H groups in total. The van der Waals surface area contributed by atoms with E-state index >= 15 is 0 Å². The molecular weight excluding hydrogens is 226 g/mol. The molecule has 0 radical (unpaired) electrons. The molecule has 0 unspecified atom stereocenters. The molecule has 0 atom stereocenters. The monoisotopic (exact) mass is 248 g/mol. The van der Waals surface area contributed by atoms with Gasteiger partial charge in [-0.25, -0.2) is 4.84 Å². The molecule has 0 spiro atoms. The van der Waals surface area contributed by atoms with Crippen molar-refractivity contribution in [2.45, 2.75) is 18.9 Å². The van der Waals surface area contributed by atoms with E-state index in [0.29, 0.717) is 0 Å². The van der Waals surface area contributed by atoms with E-state index in [9.17, 15) is 0 Å². The molecule has 3 rings (SSSR count). The lowest BCUT2D eigenvalue weighted by Gasteiger charge is -2.36. The van der Waals surface area contributed by atoms with Crippen LogP contribution in [0.2, 0.25) is 0 Å². The summed E-state index contributed by atoms with van der Waals surface area (Å²) in [5.74, 6) is 0. The average molecular weight is 248 g/mol. The average Bonchev–Trinajstić information content (AvgIpc) is 3.24. The lowest BCUT2D eigenvalue weighted by molar-refractivity contribution is -0.830. The maximum Gasteiger partial charge on any atom is 0.164 e. The maximum atomic E-state index is 5.08. The van der Waals surface area contributed by atoms with Gasteiger partial charge in [0.1, 0.15) is 0 Å². The third-order valence-corrected chi connectivity index (χ3v) is 3.87. The van der Waals surface area contributed by atoms with Gasteiger partial charge >= 0.3 is 0 Å². The van der Waals surface area contributed by atoms with Gasteiger partial charge in [0.05, 0.1) is 7.11 Å². The normalized spacial score (nSPS) is 21.3. The third-order valence-electron chi connectivity index (χ3n) is 3.87. The first-order valence-electron chi connectivity index (χ1n) is 6.82. The molecule has 0 aromatic heterocycles. The molecule has 0 bridgehead atoms. The van der Waals surface area contributed by atoms with Crippen molar-refractivity contribution < 1.29 is 10.3 Å². The Morgan fingerprint density at radius 2 is 1.94 bits per heavy atom. The first-order valence-corrected chi connectivity index (χ1v) is 6.82. The van der Waals surface area contributed by atoms with Gasteiger partial charge in [-0.1, -0.05) is 6.07 Å². The van der Waals surface area contributed by atoms with Crippen LogP contribution in [0.25, 0.3) is 0 Å². The van der Waals surface area contributed by atoms with Crippen LogP contribution in [0.5, 0.6) is 0 Å². The Morgan fingerprint density at radius 3 is 2.61 bits per heavy atom. The summed E-state index contributed by atoms with van der Waals surface area (Å²) in [5.41, 5.74) is 4.25. The summed E-state index contributed by atoms with van der Waals surface area (Å²) in [6, 6.07) is 9.48. The molecule has 4 heteroatoms. The zero-order valence-electron chi connectivity index (χ0n) is 11.0. The van der Waals surface area contributed by atoms with Crippen molar-refractivity contribution in [3.05, 3.63) is 24.3 Å². The molecular formula is C14H22N3O+. The Morgan fingerprint density at radius 1 is 1.17 bits per heavy atom. The van der Waals surface area contributed by atoms with Crippen molar-refractivity contribution in [1.82, 2.24) is 4.90 Å². The minimum Gasteiger partial charge on any atom is -0.369 e. The second-order valence-electron chi connectivity index (χ2n) is 5.20. The van der Waals surface area contributed by atoms with Crippen LogP contribution in [0.3, 0.4) is 0 Å². The fraction of sp³-hybridized carbons (Fsp3) is 0.571. The van der Waals surface area contributed by atoms with Gasteiger partial charge in [-0.2, -0.15) is 5.48 Å². The Kier molecular flexibility index (Phi) is 3.50. The molecule has 1 aliphatic heterocycles. The largest absolute Gasteiger partial charge is 0.369 e. The molecule has 1 saturated carbocycles. The van der Waals surface area contributed by atoms with Crippen molar-refractivity contribution in [2.75, 3.05) is 38.2 Å². The standard InChI is InChI=1S/C14H21N3O/c1-18-15-12-3-2-4-14(11-12)17-9-7-16(8-10-17)13-5-6-13/h2-4,11,13,15H,5-10H2,1H3/p+1. The maximum absolute atomic E-state index is 5.08. The zero-order chi connectivity index (χ0) is 12.4. The molecule has 1 aromatic rings. The number of nitrogens with zero attached hydrogens (tertiary/aromatic N) is 2. The number of hydrogen-bond donors (Lipinski definition) is 1. The lowest BCUT2D eigenvalue weighted by Crippen LogP contribution is -2.75. The van der Waals surface area contributed by atoms with E-state index in [-0.39, 0.29) is 0 Å². The predicted molar refractivity (Wildman–Crippen MR) is 71.8 cm³/mol. The number of nitrogens with two attached hydrogens (primary N) is 1. The van der Waals surface area contributed by atoms with Gasteiger partial charge in [-0.15, -0.1) is 0 Å². The number of anilines is 1. The van der Waals surface area contributed by atoms with E-state index in [2.05, 4.69) is 34.1 Å².